The average molecular weight is 402 g/mol. The second kappa shape index (κ2) is 8.94. The largest absolute Gasteiger partial charge is 0.375 e. The number of carbonyl (C=O) groups excluding carboxylic acids is 2. The molecule has 158 valence electrons. The Kier molecular flexibility index (Phi) is 6.56. The third-order valence-corrected chi connectivity index (χ3v) is 5.55. The highest BCUT2D eigenvalue weighted by molar-refractivity contribution is 5.97. The van der Waals surface area contributed by atoms with Crippen LogP contribution >= 0.6 is 0 Å². The number of ether oxygens (including phenoxy) is 1. The van der Waals surface area contributed by atoms with Gasteiger partial charge < -0.3 is 20.7 Å². The first-order valence-electron chi connectivity index (χ1n) is 10.0. The van der Waals surface area contributed by atoms with Crippen LogP contribution in [-0.2, 0) is 14.3 Å². The maximum Gasteiger partial charge on any atom is 0.268 e. The van der Waals surface area contributed by atoms with E-state index in [9.17, 15) is 9.59 Å². The normalized spacial score (nSPS) is 26.1. The fourth-order valence-electron chi connectivity index (χ4n) is 3.65. The molecule has 2 unspecified atom stereocenters. The maximum absolute atomic E-state index is 12.9. The predicted octanol–water partition coefficient (Wildman–Crippen LogP) is 0.533. The molecule has 0 bridgehead atoms. The summed E-state index contributed by atoms with van der Waals surface area (Å²) in [5.74, 6) is -0.779. The van der Waals surface area contributed by atoms with Gasteiger partial charge in [0, 0.05) is 19.6 Å². The summed E-state index contributed by atoms with van der Waals surface area (Å²) >= 11 is 0. The first kappa shape index (κ1) is 21.3. The molecule has 29 heavy (non-hydrogen) atoms. The van der Waals surface area contributed by atoms with Crippen molar-refractivity contribution in [3.8, 4) is 0 Å². The number of likely N-dealkylation sites (N-methyl/N-ethyl adjacent to an activating group) is 1. The van der Waals surface area contributed by atoms with Crippen molar-refractivity contribution >= 4 is 11.8 Å². The van der Waals surface area contributed by atoms with Gasteiger partial charge in [-0.3, -0.25) is 14.6 Å². The molecule has 2 aliphatic rings. The van der Waals surface area contributed by atoms with Crippen molar-refractivity contribution in [2.45, 2.75) is 38.0 Å². The Hall–Kier alpha value is -2.42. The zero-order valence-electron chi connectivity index (χ0n) is 17.4. The van der Waals surface area contributed by atoms with E-state index in [1.807, 2.05) is 37.3 Å². The number of rotatable bonds is 7. The second-order valence-electron chi connectivity index (χ2n) is 7.96. The van der Waals surface area contributed by atoms with Crippen LogP contribution in [0.25, 0.3) is 0 Å². The van der Waals surface area contributed by atoms with Crippen molar-refractivity contribution in [2.24, 2.45) is 5.73 Å². The first-order valence-corrected chi connectivity index (χ1v) is 10.0. The molecule has 3 rings (SSSR count). The highest BCUT2D eigenvalue weighted by Crippen LogP contribution is 2.30. The Morgan fingerprint density at radius 1 is 1.38 bits per heavy atom. The van der Waals surface area contributed by atoms with Crippen LogP contribution in [0.15, 0.2) is 42.1 Å². The average Bonchev–Trinajstić information content (AvgIpc) is 3.07. The summed E-state index contributed by atoms with van der Waals surface area (Å²) in [5, 5.41) is 4.68. The van der Waals surface area contributed by atoms with Crippen LogP contribution in [0.5, 0.6) is 0 Å². The van der Waals surface area contributed by atoms with Gasteiger partial charge in [-0.25, -0.2) is 5.43 Å². The van der Waals surface area contributed by atoms with E-state index in [0.717, 1.165) is 25.1 Å². The second-order valence-corrected chi connectivity index (χ2v) is 7.96. The van der Waals surface area contributed by atoms with Gasteiger partial charge in [-0.15, -0.1) is 0 Å². The van der Waals surface area contributed by atoms with Gasteiger partial charge in [-0.1, -0.05) is 30.3 Å². The molecule has 2 aliphatic heterocycles. The fourth-order valence-corrected chi connectivity index (χ4v) is 3.65. The minimum atomic E-state index is -1.12. The van der Waals surface area contributed by atoms with Gasteiger partial charge in [0.2, 0.25) is 5.91 Å². The van der Waals surface area contributed by atoms with Crippen molar-refractivity contribution in [1.29, 1.82) is 0 Å². The van der Waals surface area contributed by atoms with E-state index in [1.165, 1.54) is 0 Å². The standard InChI is InChI=1S/C21H31N5O3/c1-15(16-7-5-4-6-8-16)26-18(13-21(2,24-26)20(22)28)19(27)23-10-9-17-14-25(3)11-12-29-17/h4-8,13,15,17,24H,9-12,14H2,1-3H3,(H2,22,28)(H,23,27)/t15-,17?,21?/m0/s1. The van der Waals surface area contributed by atoms with Crippen LogP contribution in [0.1, 0.15) is 31.9 Å². The molecule has 1 aromatic rings. The topological polar surface area (TPSA) is 99.9 Å². The molecule has 1 saturated heterocycles. The number of hydrazine groups is 1. The highest BCUT2D eigenvalue weighted by atomic mass is 16.5. The third-order valence-electron chi connectivity index (χ3n) is 5.55. The quantitative estimate of drug-likeness (QED) is 0.616. The minimum absolute atomic E-state index is 0.111. The predicted molar refractivity (Wildman–Crippen MR) is 110 cm³/mol. The number of nitrogens with two attached hydrogens (primary N) is 1. The maximum atomic E-state index is 12.9. The number of hydrogen-bond acceptors (Lipinski definition) is 6. The molecule has 8 heteroatoms. The smallest absolute Gasteiger partial charge is 0.268 e. The number of amides is 2. The van der Waals surface area contributed by atoms with Crippen LogP contribution in [0.2, 0.25) is 0 Å². The molecule has 0 radical (unpaired) electrons. The Labute approximate surface area is 172 Å². The van der Waals surface area contributed by atoms with Gasteiger partial charge in [0.15, 0.2) is 0 Å². The van der Waals surface area contributed by atoms with E-state index < -0.39 is 11.4 Å². The van der Waals surface area contributed by atoms with E-state index in [1.54, 1.807) is 18.0 Å². The lowest BCUT2D eigenvalue weighted by molar-refractivity contribution is -0.124. The number of benzene rings is 1. The van der Waals surface area contributed by atoms with Crippen molar-refractivity contribution in [3.05, 3.63) is 47.7 Å². The lowest BCUT2D eigenvalue weighted by Gasteiger charge is -2.32. The molecule has 2 amide bonds. The number of morpholine rings is 1. The molecular weight excluding hydrogens is 370 g/mol. The molecule has 0 saturated carbocycles. The van der Waals surface area contributed by atoms with Crippen LogP contribution < -0.4 is 16.5 Å². The molecule has 0 spiro atoms. The van der Waals surface area contributed by atoms with Crippen molar-refractivity contribution < 1.29 is 14.3 Å². The summed E-state index contributed by atoms with van der Waals surface area (Å²) in [6, 6.07) is 9.64. The third kappa shape index (κ3) is 4.95. The lowest BCUT2D eigenvalue weighted by atomic mass is 10.0. The summed E-state index contributed by atoms with van der Waals surface area (Å²) in [6.07, 6.45) is 2.45. The van der Waals surface area contributed by atoms with Gasteiger partial charge in [-0.05, 0) is 39.0 Å². The molecule has 0 aliphatic carbocycles. The summed E-state index contributed by atoms with van der Waals surface area (Å²) in [4.78, 5) is 27.1. The van der Waals surface area contributed by atoms with E-state index in [-0.39, 0.29) is 18.1 Å². The minimum Gasteiger partial charge on any atom is -0.375 e. The molecular formula is C21H31N5O3. The van der Waals surface area contributed by atoms with Gasteiger partial charge in [0.1, 0.15) is 11.2 Å². The molecule has 1 fully saturated rings. The molecule has 8 nitrogen and oxygen atoms in total. The van der Waals surface area contributed by atoms with Crippen LogP contribution in [0, 0.1) is 0 Å². The van der Waals surface area contributed by atoms with Crippen molar-refractivity contribution in [2.75, 3.05) is 33.3 Å². The SMILES string of the molecule is C[C@@H](c1ccccc1)N1NC(C)(C(N)=O)C=C1C(=O)NCCC1CN(C)CCO1. The Morgan fingerprint density at radius 3 is 2.76 bits per heavy atom. The summed E-state index contributed by atoms with van der Waals surface area (Å²) in [5.41, 5.74) is 8.99. The number of carbonyl (C=O) groups is 2. The number of primary amides is 1. The number of nitrogens with one attached hydrogen (secondary N) is 2. The van der Waals surface area contributed by atoms with E-state index in [0.29, 0.717) is 18.8 Å². The zero-order valence-corrected chi connectivity index (χ0v) is 17.4. The highest BCUT2D eigenvalue weighted by Gasteiger charge is 2.42. The molecule has 1 aromatic carbocycles. The zero-order chi connectivity index (χ0) is 21.0. The Morgan fingerprint density at radius 2 is 2.10 bits per heavy atom. The van der Waals surface area contributed by atoms with E-state index in [2.05, 4.69) is 22.7 Å². The number of hydrogen-bond donors (Lipinski definition) is 3. The van der Waals surface area contributed by atoms with Gasteiger partial charge in [0.25, 0.3) is 5.91 Å². The molecule has 2 heterocycles. The summed E-state index contributed by atoms with van der Waals surface area (Å²) in [7, 11) is 2.07. The van der Waals surface area contributed by atoms with Gasteiger partial charge in [-0.2, -0.15) is 0 Å². The fraction of sp³-hybridized carbons (Fsp3) is 0.524. The summed E-state index contributed by atoms with van der Waals surface area (Å²) < 4.78 is 5.75. The van der Waals surface area contributed by atoms with Crippen molar-refractivity contribution in [3.63, 3.8) is 0 Å². The molecule has 0 aromatic heterocycles. The Balaban J connectivity index is 1.68. The van der Waals surface area contributed by atoms with E-state index >= 15 is 0 Å². The van der Waals surface area contributed by atoms with E-state index in [4.69, 9.17) is 10.5 Å². The summed E-state index contributed by atoms with van der Waals surface area (Å²) in [6.45, 7) is 6.64. The first-order chi connectivity index (χ1) is 13.8. The van der Waals surface area contributed by atoms with Crippen LogP contribution in [0.3, 0.4) is 0 Å². The number of nitrogens with zero attached hydrogens (tertiary/aromatic N) is 2. The monoisotopic (exact) mass is 401 g/mol. The van der Waals surface area contributed by atoms with Crippen LogP contribution in [-0.4, -0.2) is 66.7 Å². The molecule has 4 N–H and O–H groups in total. The van der Waals surface area contributed by atoms with Crippen molar-refractivity contribution in [1.82, 2.24) is 20.7 Å². The van der Waals surface area contributed by atoms with Crippen LogP contribution in [0.4, 0.5) is 0 Å². The lowest BCUT2D eigenvalue weighted by Crippen LogP contribution is -2.54. The van der Waals surface area contributed by atoms with Gasteiger partial charge >= 0.3 is 0 Å². The molecule has 3 atom stereocenters. The Bertz CT molecular complexity index is 769. The van der Waals surface area contributed by atoms with Gasteiger partial charge in [0.05, 0.1) is 18.8 Å².